The highest BCUT2D eigenvalue weighted by Gasteiger charge is 2.33. The summed E-state index contributed by atoms with van der Waals surface area (Å²) in [5.41, 5.74) is 1.13. The van der Waals surface area contributed by atoms with Crippen LogP contribution in [0.3, 0.4) is 0 Å². The molecule has 1 fully saturated rings. The summed E-state index contributed by atoms with van der Waals surface area (Å²) in [4.78, 5) is 6.86. The van der Waals surface area contributed by atoms with Crippen LogP contribution in [0.25, 0.3) is 0 Å². The number of benzene rings is 1. The van der Waals surface area contributed by atoms with E-state index in [1.807, 2.05) is 25.1 Å². The molecule has 2 rings (SSSR count). The maximum Gasteiger partial charge on any atom is 0.191 e. The van der Waals surface area contributed by atoms with Crippen molar-refractivity contribution < 1.29 is 9.47 Å². The molecule has 1 saturated heterocycles. The Morgan fingerprint density at radius 3 is 2.46 bits per heavy atom. The normalized spacial score (nSPS) is 21.0. The monoisotopic (exact) mass is 504 g/mol. The second kappa shape index (κ2) is 11.8. The summed E-state index contributed by atoms with van der Waals surface area (Å²) < 4.78 is 11.6. The molecule has 1 aliphatic heterocycles. The summed E-state index contributed by atoms with van der Waals surface area (Å²) in [6.45, 7) is 14.9. The van der Waals surface area contributed by atoms with Gasteiger partial charge in [-0.1, -0.05) is 18.2 Å². The van der Waals surface area contributed by atoms with E-state index in [2.05, 4.69) is 54.3 Å². The van der Waals surface area contributed by atoms with Gasteiger partial charge in [0, 0.05) is 44.3 Å². The molecule has 0 saturated carbocycles. The molecule has 0 amide bonds. The van der Waals surface area contributed by atoms with Crippen molar-refractivity contribution in [3.8, 4) is 5.75 Å². The minimum atomic E-state index is 0. The third-order valence-electron chi connectivity index (χ3n) is 4.91. The first-order valence-electron chi connectivity index (χ1n) is 9.91. The van der Waals surface area contributed by atoms with Gasteiger partial charge in [-0.2, -0.15) is 0 Å². The predicted octanol–water partition coefficient (Wildman–Crippen LogP) is 3.26. The molecule has 2 N–H and O–H groups in total. The standard InChI is InChI=1S/C21H36N4O2.HI/c1-7-26-19-11-9-8-10-18(19)12-23-20(22-6)24-15-21(4,5)25-13-16(2)27-17(3)14-25;/h8-11,16-17H,7,12-15H2,1-6H3,(H2,22,23,24);1H. The highest BCUT2D eigenvalue weighted by Crippen LogP contribution is 2.21. The molecule has 0 aliphatic carbocycles. The van der Waals surface area contributed by atoms with Crippen LogP contribution in [0.5, 0.6) is 5.75 Å². The minimum absolute atomic E-state index is 0. The molecule has 160 valence electrons. The van der Waals surface area contributed by atoms with Crippen molar-refractivity contribution in [2.24, 2.45) is 4.99 Å². The first-order valence-corrected chi connectivity index (χ1v) is 9.91. The SMILES string of the molecule is CCOc1ccccc1CNC(=NC)NCC(C)(C)N1CC(C)OC(C)C1.I. The fraction of sp³-hybridized carbons (Fsp3) is 0.667. The van der Waals surface area contributed by atoms with Gasteiger partial charge in [-0.05, 0) is 40.7 Å². The molecule has 1 aromatic carbocycles. The Balaban J connectivity index is 0.00000392. The van der Waals surface area contributed by atoms with Gasteiger partial charge in [0.15, 0.2) is 5.96 Å². The number of para-hydroxylation sites is 1. The third kappa shape index (κ3) is 7.40. The molecule has 0 radical (unpaired) electrons. The number of aliphatic imine (C=N–C) groups is 1. The highest BCUT2D eigenvalue weighted by atomic mass is 127. The van der Waals surface area contributed by atoms with Gasteiger partial charge in [-0.25, -0.2) is 0 Å². The average molecular weight is 504 g/mol. The fourth-order valence-corrected chi connectivity index (χ4v) is 3.43. The van der Waals surface area contributed by atoms with Crippen molar-refractivity contribution in [2.45, 2.75) is 58.9 Å². The van der Waals surface area contributed by atoms with Crippen molar-refractivity contribution in [3.63, 3.8) is 0 Å². The molecular weight excluding hydrogens is 467 g/mol. The lowest BCUT2D eigenvalue weighted by atomic mass is 10.00. The van der Waals surface area contributed by atoms with E-state index in [4.69, 9.17) is 9.47 Å². The molecule has 0 aromatic heterocycles. The topological polar surface area (TPSA) is 58.1 Å². The lowest BCUT2D eigenvalue weighted by Gasteiger charge is -2.45. The first kappa shape index (κ1) is 25.0. The molecule has 28 heavy (non-hydrogen) atoms. The second-order valence-corrected chi connectivity index (χ2v) is 7.79. The largest absolute Gasteiger partial charge is 0.494 e. The van der Waals surface area contributed by atoms with Gasteiger partial charge >= 0.3 is 0 Å². The second-order valence-electron chi connectivity index (χ2n) is 7.79. The van der Waals surface area contributed by atoms with E-state index in [0.717, 1.165) is 36.9 Å². The molecule has 1 aromatic rings. The van der Waals surface area contributed by atoms with Crippen molar-refractivity contribution >= 4 is 29.9 Å². The zero-order valence-electron chi connectivity index (χ0n) is 18.1. The van der Waals surface area contributed by atoms with E-state index < -0.39 is 0 Å². The zero-order chi connectivity index (χ0) is 19.9. The summed E-state index contributed by atoms with van der Waals surface area (Å²) >= 11 is 0. The van der Waals surface area contributed by atoms with Crippen LogP contribution in [0.4, 0.5) is 0 Å². The highest BCUT2D eigenvalue weighted by molar-refractivity contribution is 14.0. The third-order valence-corrected chi connectivity index (χ3v) is 4.91. The van der Waals surface area contributed by atoms with Crippen LogP contribution in [0, 0.1) is 0 Å². The summed E-state index contributed by atoms with van der Waals surface area (Å²) in [7, 11) is 1.80. The fourth-order valence-electron chi connectivity index (χ4n) is 3.43. The Hall–Kier alpha value is -1.06. The summed E-state index contributed by atoms with van der Waals surface area (Å²) in [5.74, 6) is 1.71. The molecule has 2 unspecified atom stereocenters. The van der Waals surface area contributed by atoms with Crippen molar-refractivity contribution in [3.05, 3.63) is 29.8 Å². The number of nitrogens with one attached hydrogen (secondary N) is 2. The number of ether oxygens (including phenoxy) is 2. The predicted molar refractivity (Wildman–Crippen MR) is 127 cm³/mol. The molecule has 1 aliphatic rings. The van der Waals surface area contributed by atoms with Crippen LogP contribution in [-0.2, 0) is 11.3 Å². The lowest BCUT2D eigenvalue weighted by molar-refractivity contribution is -0.0946. The van der Waals surface area contributed by atoms with Crippen LogP contribution in [0.2, 0.25) is 0 Å². The molecule has 6 nitrogen and oxygen atoms in total. The molecule has 2 atom stereocenters. The quantitative estimate of drug-likeness (QED) is 0.339. The Morgan fingerprint density at radius 1 is 1.21 bits per heavy atom. The Kier molecular flexibility index (Phi) is 10.5. The maximum absolute atomic E-state index is 5.87. The lowest BCUT2D eigenvalue weighted by Crippen LogP contribution is -2.59. The van der Waals surface area contributed by atoms with Gasteiger partial charge in [-0.3, -0.25) is 9.89 Å². The maximum atomic E-state index is 5.87. The van der Waals surface area contributed by atoms with Crippen LogP contribution < -0.4 is 15.4 Å². The minimum Gasteiger partial charge on any atom is -0.494 e. The van der Waals surface area contributed by atoms with Crippen molar-refractivity contribution in [1.82, 2.24) is 15.5 Å². The number of hydrogen-bond donors (Lipinski definition) is 2. The van der Waals surface area contributed by atoms with Crippen molar-refractivity contribution in [2.75, 3.05) is 33.3 Å². The number of morpholine rings is 1. The van der Waals surface area contributed by atoms with E-state index >= 15 is 0 Å². The Morgan fingerprint density at radius 2 is 1.86 bits per heavy atom. The van der Waals surface area contributed by atoms with Gasteiger partial charge in [0.2, 0.25) is 0 Å². The first-order chi connectivity index (χ1) is 12.9. The molecule has 0 bridgehead atoms. The van der Waals surface area contributed by atoms with E-state index in [0.29, 0.717) is 13.2 Å². The van der Waals surface area contributed by atoms with Crippen LogP contribution in [0.15, 0.2) is 29.3 Å². The van der Waals surface area contributed by atoms with E-state index in [-0.39, 0.29) is 41.7 Å². The average Bonchev–Trinajstić information content (AvgIpc) is 2.62. The van der Waals surface area contributed by atoms with Gasteiger partial charge in [0.25, 0.3) is 0 Å². The van der Waals surface area contributed by atoms with Crippen LogP contribution in [0.1, 0.15) is 40.2 Å². The summed E-state index contributed by atoms with van der Waals surface area (Å²) in [5, 5.41) is 6.87. The van der Waals surface area contributed by atoms with E-state index in [1.165, 1.54) is 0 Å². The smallest absolute Gasteiger partial charge is 0.191 e. The van der Waals surface area contributed by atoms with Crippen molar-refractivity contribution in [1.29, 1.82) is 0 Å². The number of nitrogens with zero attached hydrogens (tertiary/aromatic N) is 2. The number of halogens is 1. The molecule has 1 heterocycles. The van der Waals surface area contributed by atoms with Crippen LogP contribution in [-0.4, -0.2) is 61.9 Å². The van der Waals surface area contributed by atoms with E-state index in [1.54, 1.807) is 7.05 Å². The zero-order valence-corrected chi connectivity index (χ0v) is 20.4. The number of rotatable bonds is 7. The molecule has 0 spiro atoms. The molecular formula is C21H37IN4O2. The number of hydrogen-bond acceptors (Lipinski definition) is 4. The Bertz CT molecular complexity index is 614. The summed E-state index contributed by atoms with van der Waals surface area (Å²) in [6.07, 6.45) is 0.529. The number of guanidine groups is 1. The van der Waals surface area contributed by atoms with Gasteiger partial charge in [-0.15, -0.1) is 24.0 Å². The van der Waals surface area contributed by atoms with Gasteiger partial charge < -0.3 is 20.1 Å². The van der Waals surface area contributed by atoms with Gasteiger partial charge in [0.05, 0.1) is 18.8 Å². The van der Waals surface area contributed by atoms with Crippen LogP contribution >= 0.6 is 24.0 Å². The Labute approximate surface area is 187 Å². The van der Waals surface area contributed by atoms with E-state index in [9.17, 15) is 0 Å². The summed E-state index contributed by atoms with van der Waals surface area (Å²) in [6, 6.07) is 8.10. The van der Waals surface area contributed by atoms with Gasteiger partial charge in [0.1, 0.15) is 5.75 Å². The molecule has 7 heteroatoms.